The molecular formula is C81H50N6O. The zero-order valence-electron chi connectivity index (χ0n) is 47.5. The number of rotatable bonds is 9. The van der Waals surface area contributed by atoms with E-state index in [2.05, 4.69) is 256 Å². The zero-order valence-corrected chi connectivity index (χ0v) is 47.5. The van der Waals surface area contributed by atoms with Crippen molar-refractivity contribution in [1.29, 1.82) is 0 Å². The van der Waals surface area contributed by atoms with E-state index in [0.717, 1.165) is 111 Å². The summed E-state index contributed by atoms with van der Waals surface area (Å²) < 4.78 is 14.6. The highest BCUT2D eigenvalue weighted by Crippen LogP contribution is 2.45. The molecule has 5 heterocycles. The van der Waals surface area contributed by atoms with Crippen LogP contribution in [0.1, 0.15) is 0 Å². The van der Waals surface area contributed by atoms with Crippen LogP contribution < -0.4 is 0 Å². The average Bonchev–Trinajstić information content (AvgIpc) is 1.62. The number of aromatic nitrogens is 6. The number of furan rings is 1. The molecule has 0 spiro atoms. The van der Waals surface area contributed by atoms with Crippen molar-refractivity contribution in [2.75, 3.05) is 0 Å². The minimum absolute atomic E-state index is 0.612. The molecule has 18 aromatic rings. The normalized spacial score (nSPS) is 11.9. The maximum atomic E-state index is 7.45. The summed E-state index contributed by atoms with van der Waals surface area (Å²) in [5.41, 5.74) is 21.0. The Balaban J connectivity index is 0.794. The van der Waals surface area contributed by atoms with Gasteiger partial charge in [0.05, 0.1) is 44.5 Å². The van der Waals surface area contributed by atoms with E-state index in [0.29, 0.717) is 17.5 Å². The largest absolute Gasteiger partial charge is 0.452 e. The molecule has 18 rings (SSSR count). The Hall–Kier alpha value is -11.9. The summed E-state index contributed by atoms with van der Waals surface area (Å²) in [7, 11) is 0. The third-order valence-electron chi connectivity index (χ3n) is 17.7. The van der Waals surface area contributed by atoms with E-state index in [-0.39, 0.29) is 0 Å². The van der Waals surface area contributed by atoms with Crippen LogP contribution in [0, 0.1) is 0 Å². The van der Waals surface area contributed by atoms with Crippen LogP contribution in [0.2, 0.25) is 0 Å². The molecule has 7 nitrogen and oxygen atoms in total. The third kappa shape index (κ3) is 7.81. The first-order valence-corrected chi connectivity index (χ1v) is 29.8. The molecule has 0 aliphatic carbocycles. The molecule has 5 aromatic heterocycles. The molecular weight excluding hydrogens is 1070 g/mol. The first-order chi connectivity index (χ1) is 43.6. The summed E-state index contributed by atoms with van der Waals surface area (Å²) in [6.45, 7) is 0. The second kappa shape index (κ2) is 19.8. The van der Waals surface area contributed by atoms with Crippen LogP contribution in [-0.4, -0.2) is 28.7 Å². The molecule has 410 valence electrons. The predicted molar refractivity (Wildman–Crippen MR) is 363 cm³/mol. The number of nitrogens with zero attached hydrogens (tertiary/aromatic N) is 6. The second-order valence-electron chi connectivity index (χ2n) is 22.7. The van der Waals surface area contributed by atoms with Crippen LogP contribution in [0.5, 0.6) is 0 Å². The Bertz CT molecular complexity index is 5740. The smallest absolute Gasteiger partial charge is 0.164 e. The maximum Gasteiger partial charge on any atom is 0.164 e. The monoisotopic (exact) mass is 1120 g/mol. The van der Waals surface area contributed by atoms with Crippen LogP contribution in [0.3, 0.4) is 0 Å². The minimum Gasteiger partial charge on any atom is -0.452 e. The molecule has 13 aromatic carbocycles. The molecule has 0 saturated carbocycles. The molecule has 0 bridgehead atoms. The molecule has 0 N–H and O–H groups in total. The first-order valence-electron chi connectivity index (χ1n) is 29.8. The minimum atomic E-state index is 0.612. The number of hydrogen-bond donors (Lipinski definition) is 0. The van der Waals surface area contributed by atoms with E-state index in [1.54, 1.807) is 0 Å². The Morgan fingerprint density at radius 2 is 0.614 bits per heavy atom. The van der Waals surface area contributed by atoms with Crippen molar-refractivity contribution in [3.8, 4) is 84.6 Å². The van der Waals surface area contributed by atoms with Gasteiger partial charge in [-0.2, -0.15) is 0 Å². The van der Waals surface area contributed by atoms with Crippen molar-refractivity contribution >= 4 is 87.4 Å². The van der Waals surface area contributed by atoms with Gasteiger partial charge in [-0.15, -0.1) is 0 Å². The number of para-hydroxylation sites is 5. The summed E-state index contributed by atoms with van der Waals surface area (Å²) in [6, 6.07) is 108. The standard InChI is InChI=1S/C81H50N6O/c1-5-21-51(22-6-1)54-41-45-71-66(48-54)67-50-56(55-42-44-70-65(49-55)61-31-13-15-36-68(61)85(70)59-29-11-4-12-30-59)43-46-72(67)86(71)74-39-19-34-62-63-35-20-40-75(78(63)88-77(62)74)87-69-37-16-14-32-64(69)76-60(33-18-38-73(76)87)57-27-17-28-58(47-57)81-83-79(52-23-7-2-8-24-52)82-80(84-81)53-25-9-3-10-26-53/h1-50H. The van der Waals surface area contributed by atoms with Crippen LogP contribution in [0.4, 0.5) is 0 Å². The first kappa shape index (κ1) is 49.5. The summed E-state index contributed by atoms with van der Waals surface area (Å²) in [5.74, 6) is 1.87. The molecule has 0 fully saturated rings. The van der Waals surface area contributed by atoms with Gasteiger partial charge in [0.15, 0.2) is 28.6 Å². The number of benzene rings is 13. The molecule has 0 aliphatic heterocycles. The molecule has 0 amide bonds. The Morgan fingerprint density at radius 3 is 1.20 bits per heavy atom. The van der Waals surface area contributed by atoms with E-state index in [9.17, 15) is 0 Å². The predicted octanol–water partition coefficient (Wildman–Crippen LogP) is 21.1. The van der Waals surface area contributed by atoms with E-state index in [4.69, 9.17) is 19.4 Å². The van der Waals surface area contributed by atoms with Gasteiger partial charge in [-0.25, -0.2) is 15.0 Å². The Labute approximate surface area is 505 Å². The van der Waals surface area contributed by atoms with Crippen LogP contribution in [0.25, 0.3) is 172 Å². The second-order valence-corrected chi connectivity index (χ2v) is 22.7. The topological polar surface area (TPSA) is 66.6 Å². The van der Waals surface area contributed by atoms with Gasteiger partial charge in [0.25, 0.3) is 0 Å². The lowest BCUT2D eigenvalue weighted by Crippen LogP contribution is -2.00. The summed E-state index contributed by atoms with van der Waals surface area (Å²) in [6.07, 6.45) is 0. The van der Waals surface area contributed by atoms with Gasteiger partial charge in [-0.1, -0.05) is 218 Å². The molecule has 0 saturated heterocycles. The van der Waals surface area contributed by atoms with Crippen molar-refractivity contribution in [1.82, 2.24) is 28.7 Å². The highest BCUT2D eigenvalue weighted by molar-refractivity contribution is 6.19. The third-order valence-corrected chi connectivity index (χ3v) is 17.7. The fourth-order valence-electron chi connectivity index (χ4n) is 13.7. The van der Waals surface area contributed by atoms with Gasteiger partial charge in [0.1, 0.15) is 0 Å². The van der Waals surface area contributed by atoms with Crippen LogP contribution in [-0.2, 0) is 0 Å². The van der Waals surface area contributed by atoms with E-state index in [1.807, 2.05) is 60.7 Å². The van der Waals surface area contributed by atoms with E-state index >= 15 is 0 Å². The fourth-order valence-corrected chi connectivity index (χ4v) is 13.7. The quantitative estimate of drug-likeness (QED) is 0.144. The average molecular weight is 1120 g/mol. The SMILES string of the molecule is c1ccc(-c2ccc3c(c2)c2cc(-c4ccc5c(c4)c4ccccc4n5-c4ccccc4)ccc2n3-c2cccc3c2oc2c(-n4c5ccccc5c5c(-c6cccc(-c7nc(-c8ccccc8)nc(-c8ccccc8)n7)c6)cccc54)cccc23)cc1. The van der Waals surface area contributed by atoms with Gasteiger partial charge in [0, 0.05) is 65.5 Å². The Morgan fingerprint density at radius 1 is 0.227 bits per heavy atom. The molecule has 0 radical (unpaired) electrons. The molecule has 0 atom stereocenters. The fraction of sp³-hybridized carbons (Fsp3) is 0. The highest BCUT2D eigenvalue weighted by Gasteiger charge is 2.24. The molecule has 0 unspecified atom stereocenters. The van der Waals surface area contributed by atoms with Gasteiger partial charge in [-0.05, 0) is 118 Å². The Kier molecular flexibility index (Phi) is 11.2. The van der Waals surface area contributed by atoms with Crippen LogP contribution >= 0.6 is 0 Å². The lowest BCUT2D eigenvalue weighted by atomic mass is 9.97. The summed E-state index contributed by atoms with van der Waals surface area (Å²) in [4.78, 5) is 15.2. The van der Waals surface area contributed by atoms with E-state index in [1.165, 1.54) is 43.7 Å². The number of hydrogen-bond acceptors (Lipinski definition) is 4. The number of fused-ring (bicyclic) bond motifs is 12. The van der Waals surface area contributed by atoms with Crippen molar-refractivity contribution in [2.24, 2.45) is 0 Å². The lowest BCUT2D eigenvalue weighted by Gasteiger charge is -2.11. The van der Waals surface area contributed by atoms with Crippen molar-refractivity contribution in [3.63, 3.8) is 0 Å². The zero-order chi connectivity index (χ0) is 57.8. The van der Waals surface area contributed by atoms with Gasteiger partial charge in [0.2, 0.25) is 0 Å². The molecule has 0 aliphatic rings. The van der Waals surface area contributed by atoms with Gasteiger partial charge in [-0.3, -0.25) is 0 Å². The summed E-state index contributed by atoms with van der Waals surface area (Å²) in [5, 5.41) is 9.17. The van der Waals surface area contributed by atoms with Crippen LogP contribution in [0.15, 0.2) is 308 Å². The van der Waals surface area contributed by atoms with Crippen molar-refractivity contribution < 1.29 is 4.42 Å². The van der Waals surface area contributed by atoms with Gasteiger partial charge < -0.3 is 18.1 Å². The van der Waals surface area contributed by atoms with Gasteiger partial charge >= 0.3 is 0 Å². The maximum absolute atomic E-state index is 7.45. The summed E-state index contributed by atoms with van der Waals surface area (Å²) >= 11 is 0. The van der Waals surface area contributed by atoms with Crippen molar-refractivity contribution in [2.45, 2.75) is 0 Å². The van der Waals surface area contributed by atoms with Crippen molar-refractivity contribution in [3.05, 3.63) is 303 Å². The lowest BCUT2D eigenvalue weighted by molar-refractivity contribution is 0.664. The van der Waals surface area contributed by atoms with E-state index < -0.39 is 0 Å². The highest BCUT2D eigenvalue weighted by atomic mass is 16.3. The molecule has 7 heteroatoms. The molecule has 88 heavy (non-hydrogen) atoms.